The van der Waals surface area contributed by atoms with E-state index in [-0.39, 0.29) is 5.91 Å². The van der Waals surface area contributed by atoms with Crippen LogP contribution in [-0.4, -0.2) is 86.4 Å². The average Bonchev–Trinajstić information content (AvgIpc) is 3.43. The number of amides is 2. The summed E-state index contributed by atoms with van der Waals surface area (Å²) in [6.07, 6.45) is 1.07. The van der Waals surface area contributed by atoms with Crippen LogP contribution in [0.25, 0.3) is 5.69 Å². The number of likely N-dealkylation sites (tertiary alicyclic amines) is 1. The number of benzene rings is 1. The monoisotopic (exact) mass is 427 g/mol. The molecule has 0 saturated carbocycles. The quantitative estimate of drug-likeness (QED) is 0.736. The normalized spacial score (nSPS) is 19.6. The summed E-state index contributed by atoms with van der Waals surface area (Å²) in [5.74, 6) is 0.653. The topological polar surface area (TPSA) is 96.7 Å². The third kappa shape index (κ3) is 4.62. The molecule has 4 rings (SSSR count). The number of hydrogen-bond donors (Lipinski definition) is 0. The number of piperazine rings is 1. The van der Waals surface area contributed by atoms with Crippen LogP contribution in [0.15, 0.2) is 30.3 Å². The number of rotatable bonds is 3. The first-order valence-corrected chi connectivity index (χ1v) is 10.7. The van der Waals surface area contributed by atoms with Gasteiger partial charge in [-0.15, -0.1) is 0 Å². The van der Waals surface area contributed by atoms with E-state index in [2.05, 4.69) is 20.4 Å². The van der Waals surface area contributed by atoms with Crippen molar-refractivity contribution in [3.8, 4) is 5.69 Å². The number of anilines is 1. The molecule has 2 fully saturated rings. The second-order valence-electron chi connectivity index (χ2n) is 8.87. The summed E-state index contributed by atoms with van der Waals surface area (Å²) in [5, 5.41) is 12.1. The molecule has 2 aliphatic heterocycles. The first-order valence-electron chi connectivity index (χ1n) is 10.7. The van der Waals surface area contributed by atoms with Gasteiger partial charge in [0.15, 0.2) is 0 Å². The van der Waals surface area contributed by atoms with Crippen molar-refractivity contribution >= 4 is 17.9 Å². The van der Waals surface area contributed by atoms with Crippen molar-refractivity contribution in [3.05, 3.63) is 30.3 Å². The number of nitrogens with zero attached hydrogens (tertiary/aromatic N) is 7. The number of aromatic nitrogens is 4. The van der Waals surface area contributed by atoms with Crippen LogP contribution in [0.2, 0.25) is 0 Å². The average molecular weight is 428 g/mol. The summed E-state index contributed by atoms with van der Waals surface area (Å²) in [7, 11) is 0. The Morgan fingerprint density at radius 1 is 1.03 bits per heavy atom. The van der Waals surface area contributed by atoms with Gasteiger partial charge in [0, 0.05) is 32.7 Å². The van der Waals surface area contributed by atoms with E-state index in [0.29, 0.717) is 45.1 Å². The summed E-state index contributed by atoms with van der Waals surface area (Å²) in [6.45, 7) is 8.41. The van der Waals surface area contributed by atoms with Crippen LogP contribution in [0.4, 0.5) is 10.7 Å². The lowest BCUT2D eigenvalue weighted by molar-refractivity contribution is -0.136. The Kier molecular flexibility index (Phi) is 5.79. The first kappa shape index (κ1) is 21.1. The summed E-state index contributed by atoms with van der Waals surface area (Å²) in [6, 6.07) is 9.28. The van der Waals surface area contributed by atoms with Gasteiger partial charge < -0.3 is 14.5 Å². The van der Waals surface area contributed by atoms with Gasteiger partial charge in [0.1, 0.15) is 11.6 Å². The Labute approximate surface area is 181 Å². The number of para-hydroxylation sites is 1. The molecule has 2 aromatic rings. The van der Waals surface area contributed by atoms with Crippen LogP contribution >= 0.6 is 0 Å². The van der Waals surface area contributed by atoms with Crippen LogP contribution in [0, 0.1) is 0 Å². The Morgan fingerprint density at radius 2 is 1.74 bits per heavy atom. The van der Waals surface area contributed by atoms with Crippen LogP contribution in [-0.2, 0) is 9.53 Å². The standard InChI is InChI=1S/C21H29N7O3/c1-21(2,3)31-20(30)27-11-7-10-17(27)18(29)25-12-14-26(15-13-25)19-22-23-24-28(19)16-8-5-4-6-9-16/h4-6,8-9,17H,7,10-15H2,1-3H3/t17-/m1/s1. The minimum absolute atomic E-state index is 0.00865. The van der Waals surface area contributed by atoms with Gasteiger partial charge in [0.05, 0.1) is 5.69 Å². The van der Waals surface area contributed by atoms with E-state index < -0.39 is 17.7 Å². The summed E-state index contributed by atoms with van der Waals surface area (Å²) in [4.78, 5) is 31.2. The highest BCUT2D eigenvalue weighted by atomic mass is 16.6. The first-order chi connectivity index (χ1) is 14.8. The van der Waals surface area contributed by atoms with E-state index in [4.69, 9.17) is 4.74 Å². The highest BCUT2D eigenvalue weighted by Gasteiger charge is 2.39. The molecule has 2 amide bonds. The largest absolute Gasteiger partial charge is 0.444 e. The number of carbonyl (C=O) groups is 2. The molecule has 2 saturated heterocycles. The van der Waals surface area contributed by atoms with Crippen LogP contribution < -0.4 is 4.90 Å². The van der Waals surface area contributed by atoms with Gasteiger partial charge in [0.2, 0.25) is 11.9 Å². The maximum atomic E-state index is 13.2. The molecule has 1 aromatic heterocycles. The van der Waals surface area contributed by atoms with E-state index in [9.17, 15) is 9.59 Å². The number of ether oxygens (including phenoxy) is 1. The van der Waals surface area contributed by atoms with Crippen LogP contribution in [0.5, 0.6) is 0 Å². The lowest BCUT2D eigenvalue weighted by atomic mass is 10.1. The molecule has 10 heteroatoms. The predicted molar refractivity (Wildman–Crippen MR) is 114 cm³/mol. The number of hydrogen-bond acceptors (Lipinski definition) is 7. The van der Waals surface area contributed by atoms with Gasteiger partial charge in [-0.25, -0.2) is 4.79 Å². The zero-order chi connectivity index (χ0) is 22.0. The van der Waals surface area contributed by atoms with Crippen molar-refractivity contribution in [2.45, 2.75) is 45.3 Å². The van der Waals surface area contributed by atoms with E-state index in [1.165, 1.54) is 0 Å². The smallest absolute Gasteiger partial charge is 0.410 e. The van der Waals surface area contributed by atoms with Crippen molar-refractivity contribution in [2.24, 2.45) is 0 Å². The Morgan fingerprint density at radius 3 is 2.42 bits per heavy atom. The maximum absolute atomic E-state index is 13.2. The van der Waals surface area contributed by atoms with Crippen LogP contribution in [0.1, 0.15) is 33.6 Å². The lowest BCUT2D eigenvalue weighted by Crippen LogP contribution is -2.55. The molecule has 0 spiro atoms. The van der Waals surface area contributed by atoms with E-state index in [1.807, 2.05) is 56.0 Å². The van der Waals surface area contributed by atoms with Gasteiger partial charge in [-0.2, -0.15) is 4.68 Å². The molecule has 0 N–H and O–H groups in total. The molecule has 1 aromatic carbocycles. The predicted octanol–water partition coefficient (Wildman–Crippen LogP) is 1.71. The minimum atomic E-state index is -0.582. The Balaban J connectivity index is 1.39. The number of carbonyl (C=O) groups excluding carboxylic acids is 2. The fraction of sp³-hybridized carbons (Fsp3) is 0.571. The summed E-state index contributed by atoms with van der Waals surface area (Å²) >= 11 is 0. The molecular formula is C21H29N7O3. The fourth-order valence-corrected chi connectivity index (χ4v) is 4.02. The highest BCUT2D eigenvalue weighted by Crippen LogP contribution is 2.24. The molecular weight excluding hydrogens is 398 g/mol. The third-order valence-corrected chi connectivity index (χ3v) is 5.49. The molecule has 0 aliphatic carbocycles. The zero-order valence-electron chi connectivity index (χ0n) is 18.3. The maximum Gasteiger partial charge on any atom is 0.410 e. The summed E-state index contributed by atoms with van der Waals surface area (Å²) in [5.41, 5.74) is 0.307. The fourth-order valence-electron chi connectivity index (χ4n) is 4.02. The lowest BCUT2D eigenvalue weighted by Gasteiger charge is -2.37. The van der Waals surface area contributed by atoms with Crippen molar-refractivity contribution in [1.82, 2.24) is 30.0 Å². The second-order valence-corrected chi connectivity index (χ2v) is 8.87. The van der Waals surface area contributed by atoms with Gasteiger partial charge in [-0.1, -0.05) is 23.3 Å². The van der Waals surface area contributed by atoms with Crippen LogP contribution in [0.3, 0.4) is 0 Å². The van der Waals surface area contributed by atoms with Crippen molar-refractivity contribution in [2.75, 3.05) is 37.6 Å². The second kappa shape index (κ2) is 8.52. The van der Waals surface area contributed by atoms with Gasteiger partial charge in [0.25, 0.3) is 0 Å². The van der Waals surface area contributed by atoms with Crippen molar-refractivity contribution < 1.29 is 14.3 Å². The van der Waals surface area contributed by atoms with E-state index in [0.717, 1.165) is 12.1 Å². The molecule has 3 heterocycles. The Bertz CT molecular complexity index is 917. The summed E-state index contributed by atoms with van der Waals surface area (Å²) < 4.78 is 7.20. The van der Waals surface area contributed by atoms with Crippen molar-refractivity contribution in [3.63, 3.8) is 0 Å². The Hall–Kier alpha value is -3.17. The molecule has 0 radical (unpaired) electrons. The number of tetrazole rings is 1. The van der Waals surface area contributed by atoms with Gasteiger partial charge in [-0.3, -0.25) is 9.69 Å². The molecule has 1 atom stereocenters. The molecule has 166 valence electrons. The zero-order valence-corrected chi connectivity index (χ0v) is 18.3. The van der Waals surface area contributed by atoms with Gasteiger partial charge in [-0.05, 0) is 56.2 Å². The van der Waals surface area contributed by atoms with E-state index >= 15 is 0 Å². The van der Waals surface area contributed by atoms with Crippen molar-refractivity contribution in [1.29, 1.82) is 0 Å². The SMILES string of the molecule is CC(C)(C)OC(=O)N1CCC[C@@H]1C(=O)N1CCN(c2nnnn2-c2ccccc2)CC1. The molecule has 10 nitrogen and oxygen atoms in total. The third-order valence-electron chi connectivity index (χ3n) is 5.49. The van der Waals surface area contributed by atoms with Gasteiger partial charge >= 0.3 is 6.09 Å². The highest BCUT2D eigenvalue weighted by molar-refractivity contribution is 5.86. The molecule has 0 bridgehead atoms. The molecule has 0 unspecified atom stereocenters. The molecule has 31 heavy (non-hydrogen) atoms. The van der Waals surface area contributed by atoms with E-state index in [1.54, 1.807) is 9.58 Å². The minimum Gasteiger partial charge on any atom is -0.444 e. The molecule has 2 aliphatic rings.